The number of aromatic nitrogens is 3. The molecule has 3 aromatic rings. The fourth-order valence-electron chi connectivity index (χ4n) is 2.50. The Morgan fingerprint density at radius 3 is 2.59 bits per heavy atom. The first-order valence-electron chi connectivity index (χ1n) is 8.62. The number of hydrogen-bond acceptors (Lipinski definition) is 6. The van der Waals surface area contributed by atoms with Crippen molar-refractivity contribution in [3.05, 3.63) is 65.6 Å². The van der Waals surface area contributed by atoms with Gasteiger partial charge in [0.15, 0.2) is 11.5 Å². The Morgan fingerprint density at radius 1 is 1.17 bits per heavy atom. The van der Waals surface area contributed by atoms with Crippen molar-refractivity contribution in [2.24, 2.45) is 0 Å². The Bertz CT molecular complexity index is 1020. The summed E-state index contributed by atoms with van der Waals surface area (Å²) in [6.07, 6.45) is 0. The molecule has 10 heteroatoms. The van der Waals surface area contributed by atoms with Crippen LogP contribution < -0.4 is 21.1 Å². The van der Waals surface area contributed by atoms with Crippen molar-refractivity contribution < 1.29 is 18.7 Å². The van der Waals surface area contributed by atoms with Crippen LogP contribution in [0.5, 0.6) is 5.75 Å². The molecule has 0 saturated heterocycles. The van der Waals surface area contributed by atoms with Gasteiger partial charge in [-0.2, -0.15) is 0 Å². The number of nitrogens with two attached hydrogens (primary N) is 1. The Labute approximate surface area is 165 Å². The minimum atomic E-state index is -0.564. The fraction of sp³-hybridized carbons (Fsp3) is 0.158. The second-order valence-electron chi connectivity index (χ2n) is 6.04. The van der Waals surface area contributed by atoms with E-state index < -0.39 is 17.6 Å². The molecule has 0 aliphatic rings. The molecule has 2 aromatic carbocycles. The Morgan fingerprint density at radius 2 is 1.90 bits per heavy atom. The predicted octanol–water partition coefficient (Wildman–Crippen LogP) is 1.58. The third kappa shape index (κ3) is 4.86. The lowest BCUT2D eigenvalue weighted by Crippen LogP contribution is -2.25. The molecule has 0 saturated carbocycles. The van der Waals surface area contributed by atoms with E-state index in [0.29, 0.717) is 5.75 Å². The number of nitrogens with one attached hydrogen (secondary N) is 2. The molecule has 0 unspecified atom stereocenters. The molecule has 1 heterocycles. The molecule has 2 amide bonds. The van der Waals surface area contributed by atoms with Gasteiger partial charge < -0.3 is 21.1 Å². The lowest BCUT2D eigenvalue weighted by Gasteiger charge is -2.07. The first kappa shape index (κ1) is 19.8. The summed E-state index contributed by atoms with van der Waals surface area (Å²) in [6.45, 7) is -0.0676. The normalized spacial score (nSPS) is 10.4. The molecule has 0 spiro atoms. The zero-order valence-corrected chi connectivity index (χ0v) is 15.6. The van der Waals surface area contributed by atoms with Crippen LogP contribution in [0.2, 0.25) is 0 Å². The molecule has 150 valence electrons. The maximum absolute atomic E-state index is 13.6. The topological polar surface area (TPSA) is 124 Å². The average Bonchev–Trinajstić information content (AvgIpc) is 3.08. The lowest BCUT2D eigenvalue weighted by molar-refractivity contribution is -0.116. The van der Waals surface area contributed by atoms with Crippen molar-refractivity contribution in [3.63, 3.8) is 0 Å². The highest BCUT2D eigenvalue weighted by Crippen LogP contribution is 2.14. The third-order valence-corrected chi connectivity index (χ3v) is 4.04. The quantitative estimate of drug-likeness (QED) is 0.555. The van der Waals surface area contributed by atoms with Crippen LogP contribution in [0.3, 0.4) is 0 Å². The summed E-state index contributed by atoms with van der Waals surface area (Å²) >= 11 is 0. The van der Waals surface area contributed by atoms with Crippen LogP contribution in [0, 0.1) is 5.82 Å². The minimum Gasteiger partial charge on any atom is -0.497 e. The zero-order chi connectivity index (χ0) is 20.8. The molecule has 0 radical (unpaired) electrons. The van der Waals surface area contributed by atoms with Gasteiger partial charge >= 0.3 is 0 Å². The fourth-order valence-corrected chi connectivity index (χ4v) is 2.50. The van der Waals surface area contributed by atoms with Crippen molar-refractivity contribution in [1.29, 1.82) is 0 Å². The SMILES string of the molecule is COc1ccc(CNC(=O)c2nnn(CC(=O)Nc3ccccc3F)c2N)cc1. The first-order chi connectivity index (χ1) is 14.0. The number of amides is 2. The van der Waals surface area contributed by atoms with E-state index in [1.54, 1.807) is 25.3 Å². The molecule has 0 bridgehead atoms. The van der Waals surface area contributed by atoms with Crippen molar-refractivity contribution in [1.82, 2.24) is 20.3 Å². The van der Waals surface area contributed by atoms with E-state index in [2.05, 4.69) is 20.9 Å². The molecule has 0 aliphatic heterocycles. The second kappa shape index (κ2) is 8.83. The van der Waals surface area contributed by atoms with Crippen LogP contribution in [0.4, 0.5) is 15.9 Å². The van der Waals surface area contributed by atoms with Gasteiger partial charge in [0.2, 0.25) is 5.91 Å². The van der Waals surface area contributed by atoms with Gasteiger partial charge in [-0.25, -0.2) is 9.07 Å². The number of halogens is 1. The van der Waals surface area contributed by atoms with E-state index in [1.165, 1.54) is 18.2 Å². The van der Waals surface area contributed by atoms with E-state index in [4.69, 9.17) is 10.5 Å². The summed E-state index contributed by atoms with van der Waals surface area (Å²) in [5.41, 5.74) is 6.68. The molecule has 29 heavy (non-hydrogen) atoms. The average molecular weight is 398 g/mol. The molecule has 3 rings (SSSR count). The molecular weight excluding hydrogens is 379 g/mol. The highest BCUT2D eigenvalue weighted by molar-refractivity contribution is 5.96. The van der Waals surface area contributed by atoms with Gasteiger partial charge in [0.25, 0.3) is 5.91 Å². The number of anilines is 2. The standard InChI is InChI=1S/C19H19FN6O3/c1-29-13-8-6-12(7-9-13)10-22-19(28)17-18(21)26(25-24-17)11-16(27)23-15-5-3-2-4-14(15)20/h2-9H,10-11,21H2,1H3,(H,22,28)(H,23,27). The van der Waals surface area contributed by atoms with Crippen LogP contribution in [0.1, 0.15) is 16.1 Å². The molecule has 0 fully saturated rings. The Balaban J connectivity index is 1.59. The minimum absolute atomic E-state index is 0.0358. The molecule has 0 aliphatic carbocycles. The van der Waals surface area contributed by atoms with Gasteiger partial charge in [0, 0.05) is 6.54 Å². The number of methoxy groups -OCH3 is 1. The highest BCUT2D eigenvalue weighted by Gasteiger charge is 2.19. The number of para-hydroxylation sites is 1. The summed E-state index contributed by atoms with van der Waals surface area (Å²) < 4.78 is 19.8. The monoisotopic (exact) mass is 398 g/mol. The van der Waals surface area contributed by atoms with Crippen LogP contribution in [0.25, 0.3) is 0 Å². The van der Waals surface area contributed by atoms with Crippen molar-refractivity contribution >= 4 is 23.3 Å². The second-order valence-corrected chi connectivity index (χ2v) is 6.04. The number of nitrogen functional groups attached to an aromatic ring is 1. The number of nitrogens with zero attached hydrogens (tertiary/aromatic N) is 3. The largest absolute Gasteiger partial charge is 0.497 e. The van der Waals surface area contributed by atoms with Crippen LogP contribution >= 0.6 is 0 Å². The number of rotatable bonds is 7. The summed E-state index contributed by atoms with van der Waals surface area (Å²) in [7, 11) is 1.57. The van der Waals surface area contributed by atoms with Crippen LogP contribution in [0.15, 0.2) is 48.5 Å². The smallest absolute Gasteiger partial charge is 0.275 e. The highest BCUT2D eigenvalue weighted by atomic mass is 19.1. The molecular formula is C19H19FN6O3. The molecule has 9 nitrogen and oxygen atoms in total. The van der Waals surface area contributed by atoms with Gasteiger partial charge in [0.05, 0.1) is 12.8 Å². The van der Waals surface area contributed by atoms with Crippen molar-refractivity contribution in [3.8, 4) is 5.75 Å². The summed E-state index contributed by atoms with van der Waals surface area (Å²) in [6, 6.07) is 12.9. The zero-order valence-electron chi connectivity index (χ0n) is 15.6. The van der Waals surface area contributed by atoms with Gasteiger partial charge in [0.1, 0.15) is 18.1 Å². The van der Waals surface area contributed by atoms with Crippen LogP contribution in [-0.4, -0.2) is 33.9 Å². The number of benzene rings is 2. The van der Waals surface area contributed by atoms with Gasteiger partial charge in [-0.05, 0) is 29.8 Å². The van der Waals surface area contributed by atoms with Gasteiger partial charge in [-0.1, -0.05) is 29.5 Å². The van der Waals surface area contributed by atoms with E-state index in [0.717, 1.165) is 10.2 Å². The maximum Gasteiger partial charge on any atom is 0.275 e. The van der Waals surface area contributed by atoms with Crippen LogP contribution in [-0.2, 0) is 17.9 Å². The van der Waals surface area contributed by atoms with Crippen molar-refractivity contribution in [2.45, 2.75) is 13.1 Å². The number of carbonyl (C=O) groups is 2. The molecule has 1 aromatic heterocycles. The first-order valence-corrected chi connectivity index (χ1v) is 8.62. The summed E-state index contributed by atoms with van der Waals surface area (Å²) in [5.74, 6) is -1.01. The lowest BCUT2D eigenvalue weighted by atomic mass is 10.2. The van der Waals surface area contributed by atoms with Crippen molar-refractivity contribution in [2.75, 3.05) is 18.2 Å². The van der Waals surface area contributed by atoms with Gasteiger partial charge in [-0.3, -0.25) is 9.59 Å². The Hall–Kier alpha value is -3.95. The van der Waals surface area contributed by atoms with Gasteiger partial charge in [-0.15, -0.1) is 5.10 Å². The number of ether oxygens (including phenoxy) is 1. The van der Waals surface area contributed by atoms with E-state index in [9.17, 15) is 14.0 Å². The predicted molar refractivity (Wildman–Crippen MR) is 104 cm³/mol. The molecule has 4 N–H and O–H groups in total. The summed E-state index contributed by atoms with van der Waals surface area (Å²) in [4.78, 5) is 24.4. The van der Waals surface area contributed by atoms with E-state index in [1.807, 2.05) is 12.1 Å². The summed E-state index contributed by atoms with van der Waals surface area (Å²) in [5, 5.41) is 12.6. The Kier molecular flexibility index (Phi) is 6.03. The molecule has 0 atom stereocenters. The third-order valence-electron chi connectivity index (χ3n) is 4.04. The maximum atomic E-state index is 13.6. The number of hydrogen-bond donors (Lipinski definition) is 3. The van der Waals surface area contributed by atoms with E-state index in [-0.39, 0.29) is 30.3 Å². The van der Waals surface area contributed by atoms with E-state index >= 15 is 0 Å². The number of carbonyl (C=O) groups excluding carboxylic acids is 2.